The number of hydrogen-bond acceptors (Lipinski definition) is 6. The van der Waals surface area contributed by atoms with Crippen molar-refractivity contribution in [2.45, 2.75) is 10.8 Å². The minimum Gasteiger partial charge on any atom is -0.497 e. The molecular weight excluding hydrogens is 346 g/mol. The number of hydrogen-bond donors (Lipinski definition) is 1. The number of aromatic nitrogens is 2. The zero-order chi connectivity index (χ0) is 17.0. The average Bonchev–Trinajstić information content (AvgIpc) is 3.16. The molecule has 3 aromatic rings. The van der Waals surface area contributed by atoms with Gasteiger partial charge in [-0.15, -0.1) is 11.3 Å². The van der Waals surface area contributed by atoms with Crippen molar-refractivity contribution in [2.24, 2.45) is 0 Å². The summed E-state index contributed by atoms with van der Waals surface area (Å²) in [5.74, 6) is 0.761. The van der Waals surface area contributed by atoms with Gasteiger partial charge in [0.25, 0.3) is 0 Å². The van der Waals surface area contributed by atoms with Crippen LogP contribution in [0.5, 0.6) is 5.75 Å². The summed E-state index contributed by atoms with van der Waals surface area (Å²) in [4.78, 5) is 8.36. The van der Waals surface area contributed by atoms with Gasteiger partial charge in [-0.25, -0.2) is 23.1 Å². The maximum Gasteiger partial charge on any atom is 0.250 e. The molecule has 124 valence electrons. The van der Waals surface area contributed by atoms with Crippen molar-refractivity contribution in [1.82, 2.24) is 14.7 Å². The number of methoxy groups -OCH3 is 1. The van der Waals surface area contributed by atoms with Crippen molar-refractivity contribution < 1.29 is 13.2 Å². The van der Waals surface area contributed by atoms with E-state index in [4.69, 9.17) is 4.74 Å². The van der Waals surface area contributed by atoms with E-state index >= 15 is 0 Å². The number of nitrogens with one attached hydrogen (secondary N) is 1. The maximum atomic E-state index is 12.1. The van der Waals surface area contributed by atoms with Gasteiger partial charge in [0.15, 0.2) is 0 Å². The molecule has 0 amide bonds. The summed E-state index contributed by atoms with van der Waals surface area (Å²) in [5.41, 5.74) is 2.22. The van der Waals surface area contributed by atoms with Crippen LogP contribution in [0.25, 0.3) is 11.3 Å². The number of ether oxygens (including phenoxy) is 1. The molecule has 1 aromatic carbocycles. The molecule has 0 saturated carbocycles. The molecule has 6 nitrogen and oxygen atoms in total. The van der Waals surface area contributed by atoms with E-state index in [9.17, 15) is 8.42 Å². The molecule has 0 spiro atoms. The molecule has 0 aliphatic carbocycles. The number of benzene rings is 1. The molecule has 0 radical (unpaired) electrons. The average molecular weight is 361 g/mol. The highest BCUT2D eigenvalue weighted by Gasteiger charge is 2.15. The van der Waals surface area contributed by atoms with Gasteiger partial charge < -0.3 is 4.74 Å². The second-order valence-corrected chi connectivity index (χ2v) is 7.82. The fourth-order valence-corrected chi connectivity index (χ4v) is 4.11. The lowest BCUT2D eigenvalue weighted by Crippen LogP contribution is -2.23. The third-order valence-electron chi connectivity index (χ3n) is 3.31. The van der Waals surface area contributed by atoms with Crippen molar-refractivity contribution in [3.8, 4) is 17.0 Å². The summed E-state index contributed by atoms with van der Waals surface area (Å²) in [5, 5.41) is 1.72. The minimum absolute atomic E-state index is 0.103. The van der Waals surface area contributed by atoms with E-state index in [1.807, 2.05) is 24.3 Å². The Morgan fingerprint density at radius 1 is 1.17 bits per heavy atom. The summed E-state index contributed by atoms with van der Waals surface area (Å²) in [6.45, 7) is 0.103. The molecule has 3 rings (SSSR count). The SMILES string of the molecule is COc1ccc(-c2cc(CNS(=O)(=O)c3cccs3)ncn2)cc1. The van der Waals surface area contributed by atoms with Crippen LogP contribution in [0.4, 0.5) is 0 Å². The van der Waals surface area contributed by atoms with E-state index in [2.05, 4.69) is 14.7 Å². The normalized spacial score (nSPS) is 11.4. The summed E-state index contributed by atoms with van der Waals surface area (Å²) in [6, 6.07) is 12.5. The van der Waals surface area contributed by atoms with Gasteiger partial charge in [-0.05, 0) is 41.8 Å². The molecule has 2 aromatic heterocycles. The third-order valence-corrected chi connectivity index (χ3v) is 6.11. The summed E-state index contributed by atoms with van der Waals surface area (Å²) in [7, 11) is -1.90. The Morgan fingerprint density at radius 3 is 2.62 bits per heavy atom. The van der Waals surface area contributed by atoms with Crippen LogP contribution >= 0.6 is 11.3 Å². The summed E-state index contributed by atoms with van der Waals surface area (Å²) < 4.78 is 32.2. The van der Waals surface area contributed by atoms with E-state index in [0.717, 1.165) is 17.0 Å². The zero-order valence-electron chi connectivity index (χ0n) is 12.8. The highest BCUT2D eigenvalue weighted by Crippen LogP contribution is 2.21. The molecule has 0 aliphatic rings. The second-order valence-electron chi connectivity index (χ2n) is 4.88. The van der Waals surface area contributed by atoms with Gasteiger partial charge >= 0.3 is 0 Å². The topological polar surface area (TPSA) is 81.2 Å². The molecule has 8 heteroatoms. The highest BCUT2D eigenvalue weighted by atomic mass is 32.2. The van der Waals surface area contributed by atoms with Crippen LogP contribution in [-0.4, -0.2) is 25.5 Å². The predicted octanol–water partition coefficient (Wildman–Crippen LogP) is 2.69. The van der Waals surface area contributed by atoms with Crippen molar-refractivity contribution in [3.63, 3.8) is 0 Å². The summed E-state index contributed by atoms with van der Waals surface area (Å²) in [6.07, 6.45) is 1.42. The van der Waals surface area contributed by atoms with Gasteiger partial charge in [0.2, 0.25) is 10.0 Å². The Bertz CT molecular complexity index is 908. The Balaban J connectivity index is 1.76. The van der Waals surface area contributed by atoms with E-state index in [-0.39, 0.29) is 10.8 Å². The molecule has 2 heterocycles. The first-order chi connectivity index (χ1) is 11.6. The molecule has 0 unspecified atom stereocenters. The Hall–Kier alpha value is -2.29. The van der Waals surface area contributed by atoms with Gasteiger partial charge in [-0.1, -0.05) is 6.07 Å². The van der Waals surface area contributed by atoms with Gasteiger partial charge in [0, 0.05) is 5.56 Å². The highest BCUT2D eigenvalue weighted by molar-refractivity contribution is 7.91. The lowest BCUT2D eigenvalue weighted by Gasteiger charge is -2.07. The molecule has 1 N–H and O–H groups in total. The maximum absolute atomic E-state index is 12.1. The number of nitrogens with zero attached hydrogens (tertiary/aromatic N) is 2. The summed E-state index contributed by atoms with van der Waals surface area (Å²) >= 11 is 1.17. The quantitative estimate of drug-likeness (QED) is 0.730. The van der Waals surface area contributed by atoms with Crippen LogP contribution in [-0.2, 0) is 16.6 Å². The van der Waals surface area contributed by atoms with Crippen LogP contribution < -0.4 is 9.46 Å². The van der Waals surface area contributed by atoms with Gasteiger partial charge in [-0.3, -0.25) is 0 Å². The molecule has 24 heavy (non-hydrogen) atoms. The third kappa shape index (κ3) is 3.78. The smallest absolute Gasteiger partial charge is 0.250 e. The van der Waals surface area contributed by atoms with Crippen LogP contribution in [0.15, 0.2) is 58.4 Å². The molecular formula is C16H15N3O3S2. The second kappa shape index (κ2) is 7.08. The predicted molar refractivity (Wildman–Crippen MR) is 92.4 cm³/mol. The van der Waals surface area contributed by atoms with Crippen LogP contribution in [0.1, 0.15) is 5.69 Å². The number of rotatable bonds is 6. The van der Waals surface area contributed by atoms with E-state index in [1.54, 1.807) is 30.7 Å². The van der Waals surface area contributed by atoms with E-state index in [0.29, 0.717) is 5.69 Å². The van der Waals surface area contributed by atoms with E-state index in [1.165, 1.54) is 17.7 Å². The molecule has 0 bridgehead atoms. The number of sulfonamides is 1. The lowest BCUT2D eigenvalue weighted by molar-refractivity contribution is 0.415. The lowest BCUT2D eigenvalue weighted by atomic mass is 10.1. The first-order valence-electron chi connectivity index (χ1n) is 7.07. The Kier molecular flexibility index (Phi) is 4.89. The van der Waals surface area contributed by atoms with Crippen LogP contribution in [0.3, 0.4) is 0 Å². The van der Waals surface area contributed by atoms with Gasteiger partial charge in [0.05, 0.1) is 25.0 Å². The molecule has 0 atom stereocenters. The first-order valence-corrected chi connectivity index (χ1v) is 9.43. The molecule has 0 fully saturated rings. The molecule has 0 aliphatic heterocycles. The standard InChI is InChI=1S/C16H15N3O3S2/c1-22-14-6-4-12(5-7-14)15-9-13(17-11-18-15)10-19-24(20,21)16-3-2-8-23-16/h2-9,11,19H,10H2,1H3. The number of thiophene rings is 1. The zero-order valence-corrected chi connectivity index (χ0v) is 14.5. The largest absolute Gasteiger partial charge is 0.497 e. The minimum atomic E-state index is -3.51. The van der Waals surface area contributed by atoms with Crippen LogP contribution in [0, 0.1) is 0 Å². The molecule has 0 saturated heterocycles. The van der Waals surface area contributed by atoms with Crippen LogP contribution in [0.2, 0.25) is 0 Å². The van der Waals surface area contributed by atoms with Crippen molar-refractivity contribution in [2.75, 3.05) is 7.11 Å². The fraction of sp³-hybridized carbons (Fsp3) is 0.125. The Labute approximate surface area is 144 Å². The Morgan fingerprint density at radius 2 is 1.96 bits per heavy atom. The van der Waals surface area contributed by atoms with Crippen molar-refractivity contribution >= 4 is 21.4 Å². The fourth-order valence-electron chi connectivity index (χ4n) is 2.07. The van der Waals surface area contributed by atoms with Gasteiger partial charge in [-0.2, -0.15) is 0 Å². The van der Waals surface area contributed by atoms with Gasteiger partial charge in [0.1, 0.15) is 16.3 Å². The van der Waals surface area contributed by atoms with E-state index < -0.39 is 10.0 Å². The monoisotopic (exact) mass is 361 g/mol. The van der Waals surface area contributed by atoms with Crippen molar-refractivity contribution in [1.29, 1.82) is 0 Å². The first kappa shape index (κ1) is 16.6. The van der Waals surface area contributed by atoms with Crippen molar-refractivity contribution in [3.05, 3.63) is 59.9 Å².